The number of nitrogens with one attached hydrogen (secondary N) is 2. The van der Waals surface area contributed by atoms with Gasteiger partial charge in [-0.2, -0.15) is 0 Å². The number of hydrogen-bond acceptors (Lipinski definition) is 2. The van der Waals surface area contributed by atoms with Gasteiger partial charge in [-0.1, -0.05) is 43.9 Å². The van der Waals surface area contributed by atoms with Gasteiger partial charge in [-0.15, -0.1) is 0 Å². The van der Waals surface area contributed by atoms with Crippen LogP contribution in [-0.2, 0) is 11.2 Å². The minimum absolute atomic E-state index is 0.0316. The highest BCUT2D eigenvalue weighted by molar-refractivity contribution is 5.84. The molecule has 1 unspecified atom stereocenters. The van der Waals surface area contributed by atoms with Crippen molar-refractivity contribution in [3.63, 3.8) is 0 Å². The average Bonchev–Trinajstić information content (AvgIpc) is 3.06. The summed E-state index contributed by atoms with van der Waals surface area (Å²) in [5, 5.41) is 4.86. The number of benzene rings is 1. The first kappa shape index (κ1) is 16.4. The van der Waals surface area contributed by atoms with Crippen LogP contribution in [0.1, 0.15) is 57.1 Å². The zero-order chi connectivity index (χ0) is 17.3. The van der Waals surface area contributed by atoms with Gasteiger partial charge in [0.05, 0.1) is 6.42 Å². The lowest BCUT2D eigenvalue weighted by molar-refractivity contribution is -0.122. The minimum Gasteiger partial charge on any atom is -0.352 e. The highest BCUT2D eigenvalue weighted by atomic mass is 16.1. The molecular weight excluding hydrogens is 312 g/mol. The van der Waals surface area contributed by atoms with E-state index < -0.39 is 0 Å². The van der Waals surface area contributed by atoms with E-state index >= 15 is 0 Å². The molecule has 2 aliphatic rings. The fourth-order valence-electron chi connectivity index (χ4n) is 4.99. The maximum Gasteiger partial charge on any atom is 0.256 e. The molecule has 1 atom stereocenters. The molecule has 2 N–H and O–H groups in total. The van der Waals surface area contributed by atoms with Crippen molar-refractivity contribution < 1.29 is 4.79 Å². The van der Waals surface area contributed by atoms with Crippen LogP contribution in [0.3, 0.4) is 0 Å². The lowest BCUT2D eigenvalue weighted by atomic mass is 9.69. The Labute approximate surface area is 148 Å². The molecule has 4 rings (SSSR count). The van der Waals surface area contributed by atoms with Crippen molar-refractivity contribution in [2.75, 3.05) is 0 Å². The first-order chi connectivity index (χ1) is 12.2. The Morgan fingerprint density at radius 2 is 1.84 bits per heavy atom. The molecule has 132 valence electrons. The lowest BCUT2D eigenvalue weighted by Gasteiger charge is -2.42. The Kier molecular flexibility index (Phi) is 4.36. The Hall–Kier alpha value is -2.10. The van der Waals surface area contributed by atoms with Gasteiger partial charge in [-0.05, 0) is 48.6 Å². The highest BCUT2D eigenvalue weighted by Crippen LogP contribution is 2.49. The number of aromatic amines is 1. The molecule has 0 saturated heterocycles. The molecular formula is C21H26N2O2. The van der Waals surface area contributed by atoms with Gasteiger partial charge >= 0.3 is 0 Å². The average molecular weight is 338 g/mol. The summed E-state index contributed by atoms with van der Waals surface area (Å²) < 4.78 is 0. The molecule has 4 nitrogen and oxygen atoms in total. The van der Waals surface area contributed by atoms with Gasteiger partial charge in [0.2, 0.25) is 5.91 Å². The molecule has 2 aliphatic carbocycles. The molecule has 1 aromatic heterocycles. The van der Waals surface area contributed by atoms with E-state index in [0.717, 1.165) is 11.8 Å². The molecule has 1 heterocycles. The Morgan fingerprint density at radius 3 is 2.64 bits per heavy atom. The molecule has 0 aliphatic heterocycles. The van der Waals surface area contributed by atoms with E-state index in [-0.39, 0.29) is 17.9 Å². The maximum atomic E-state index is 12.6. The third kappa shape index (κ3) is 3.22. The van der Waals surface area contributed by atoms with Crippen LogP contribution in [0.4, 0.5) is 0 Å². The van der Waals surface area contributed by atoms with Gasteiger partial charge in [0.25, 0.3) is 5.56 Å². The van der Waals surface area contributed by atoms with Crippen LogP contribution in [0, 0.1) is 5.41 Å². The number of carbonyl (C=O) groups is 1. The third-order valence-electron chi connectivity index (χ3n) is 6.25. The number of aromatic nitrogens is 1. The molecule has 0 radical (unpaired) electrons. The lowest BCUT2D eigenvalue weighted by Crippen LogP contribution is -2.49. The third-order valence-corrected chi connectivity index (χ3v) is 6.25. The van der Waals surface area contributed by atoms with Gasteiger partial charge in [-0.3, -0.25) is 9.59 Å². The standard InChI is InChI=1S/C21H26N2O2/c24-19(23-18-9-3-4-10-21(18)11-5-6-12-21)14-16-13-15-7-1-2-8-17(15)20(25)22-16/h1-2,7-8,13,18H,3-6,9-12,14H2,(H,22,25)(H,23,24). The predicted octanol–water partition coefficient (Wildman–Crippen LogP) is 3.69. The first-order valence-corrected chi connectivity index (χ1v) is 9.57. The topological polar surface area (TPSA) is 62.0 Å². The monoisotopic (exact) mass is 338 g/mol. The maximum absolute atomic E-state index is 12.6. The molecule has 1 amide bonds. The molecule has 4 heteroatoms. The van der Waals surface area contributed by atoms with Crippen LogP contribution in [-0.4, -0.2) is 16.9 Å². The van der Waals surface area contributed by atoms with Crippen molar-refractivity contribution in [2.24, 2.45) is 5.41 Å². The molecule has 0 bridgehead atoms. The second-order valence-electron chi connectivity index (χ2n) is 7.82. The summed E-state index contributed by atoms with van der Waals surface area (Å²) in [4.78, 5) is 27.7. The molecule has 25 heavy (non-hydrogen) atoms. The number of carbonyl (C=O) groups excluding carboxylic acids is 1. The Morgan fingerprint density at radius 1 is 1.12 bits per heavy atom. The fraction of sp³-hybridized carbons (Fsp3) is 0.524. The van der Waals surface area contributed by atoms with Gasteiger partial charge in [0.15, 0.2) is 0 Å². The van der Waals surface area contributed by atoms with Crippen LogP contribution >= 0.6 is 0 Å². The second-order valence-corrected chi connectivity index (χ2v) is 7.82. The van der Waals surface area contributed by atoms with Crippen molar-refractivity contribution in [1.29, 1.82) is 0 Å². The van der Waals surface area contributed by atoms with E-state index in [1.807, 2.05) is 30.3 Å². The van der Waals surface area contributed by atoms with Gasteiger partial charge in [0, 0.05) is 17.1 Å². The van der Waals surface area contributed by atoms with E-state index in [4.69, 9.17) is 0 Å². The highest BCUT2D eigenvalue weighted by Gasteiger charge is 2.43. The summed E-state index contributed by atoms with van der Waals surface area (Å²) >= 11 is 0. The minimum atomic E-state index is -0.120. The van der Waals surface area contributed by atoms with E-state index in [0.29, 0.717) is 22.5 Å². The van der Waals surface area contributed by atoms with E-state index in [1.165, 1.54) is 44.9 Å². The molecule has 1 spiro atoms. The number of pyridine rings is 1. The normalized spacial score (nSPS) is 22.3. The van der Waals surface area contributed by atoms with Crippen molar-refractivity contribution in [3.05, 3.63) is 46.4 Å². The second kappa shape index (κ2) is 6.66. The van der Waals surface area contributed by atoms with Crippen LogP contribution in [0.15, 0.2) is 35.1 Å². The summed E-state index contributed by atoms with van der Waals surface area (Å²) in [5.41, 5.74) is 0.911. The van der Waals surface area contributed by atoms with Crippen molar-refractivity contribution >= 4 is 16.7 Å². The van der Waals surface area contributed by atoms with Crippen LogP contribution < -0.4 is 10.9 Å². The van der Waals surface area contributed by atoms with Crippen molar-refractivity contribution in [1.82, 2.24) is 10.3 Å². The predicted molar refractivity (Wildman–Crippen MR) is 99.6 cm³/mol. The molecule has 2 fully saturated rings. The van der Waals surface area contributed by atoms with E-state index in [2.05, 4.69) is 10.3 Å². The number of rotatable bonds is 3. The zero-order valence-electron chi connectivity index (χ0n) is 14.6. The largest absolute Gasteiger partial charge is 0.352 e. The zero-order valence-corrected chi connectivity index (χ0v) is 14.6. The van der Waals surface area contributed by atoms with Gasteiger partial charge < -0.3 is 10.3 Å². The Bertz CT molecular complexity index is 833. The van der Waals surface area contributed by atoms with E-state index in [1.54, 1.807) is 0 Å². The number of amides is 1. The van der Waals surface area contributed by atoms with Crippen LogP contribution in [0.2, 0.25) is 0 Å². The smallest absolute Gasteiger partial charge is 0.256 e. The van der Waals surface area contributed by atoms with Crippen LogP contribution in [0.5, 0.6) is 0 Å². The molecule has 2 saturated carbocycles. The van der Waals surface area contributed by atoms with E-state index in [9.17, 15) is 9.59 Å². The van der Waals surface area contributed by atoms with Crippen LogP contribution in [0.25, 0.3) is 10.8 Å². The summed E-state index contributed by atoms with van der Waals surface area (Å²) in [6.45, 7) is 0. The number of hydrogen-bond donors (Lipinski definition) is 2. The summed E-state index contributed by atoms with van der Waals surface area (Å²) in [7, 11) is 0. The van der Waals surface area contributed by atoms with Gasteiger partial charge in [-0.25, -0.2) is 0 Å². The van der Waals surface area contributed by atoms with Crippen molar-refractivity contribution in [2.45, 2.75) is 63.8 Å². The summed E-state index contributed by atoms with van der Waals surface area (Å²) in [6.07, 6.45) is 10.2. The number of H-pyrrole nitrogens is 1. The SMILES string of the molecule is O=C(Cc1cc2ccccc2c(=O)[nH]1)NC1CCCCC12CCCC2. The summed E-state index contributed by atoms with van der Waals surface area (Å²) in [5.74, 6) is 0.0316. The number of fused-ring (bicyclic) bond motifs is 1. The Balaban J connectivity index is 1.49. The molecule has 1 aromatic carbocycles. The first-order valence-electron chi connectivity index (χ1n) is 9.57. The quantitative estimate of drug-likeness (QED) is 0.896. The van der Waals surface area contributed by atoms with Gasteiger partial charge in [0.1, 0.15) is 0 Å². The fourth-order valence-corrected chi connectivity index (χ4v) is 4.99. The summed E-state index contributed by atoms with van der Waals surface area (Å²) in [6, 6.07) is 9.72. The van der Waals surface area contributed by atoms with Crippen molar-refractivity contribution in [3.8, 4) is 0 Å². The molecule has 2 aromatic rings.